The molecule has 0 saturated heterocycles. The summed E-state index contributed by atoms with van der Waals surface area (Å²) in [5.41, 5.74) is -2.60. The van der Waals surface area contributed by atoms with Crippen molar-refractivity contribution in [1.29, 1.82) is 0 Å². The molecule has 2 nitrogen and oxygen atoms in total. The number of hydrogen-bond donors (Lipinski definition) is 1. The fraction of sp³-hybridized carbons (Fsp3) is 0.600. The zero-order valence-electron chi connectivity index (χ0n) is 5.61. The maximum absolute atomic E-state index is 9.22. The third-order valence-corrected chi connectivity index (χ3v) is 4.76. The maximum Gasteiger partial charge on any atom is 0.245 e. The van der Waals surface area contributed by atoms with Gasteiger partial charge in [0.05, 0.1) is 12.4 Å². The largest absolute Gasteiger partial charge is 0.337 e. The lowest BCUT2D eigenvalue weighted by Crippen LogP contribution is -1.84. The Morgan fingerprint density at radius 1 is 1.90 bits per heavy atom. The van der Waals surface area contributed by atoms with E-state index in [1.54, 1.807) is 6.92 Å². The molecule has 0 heterocycles. The Bertz CT molecular complexity index is 175. The number of hydrogen-bond acceptors (Lipinski definition) is 3. The molecule has 0 aliphatic heterocycles. The summed E-state index contributed by atoms with van der Waals surface area (Å²) in [4.78, 5) is 9.22. The molecule has 0 aliphatic rings. The van der Waals surface area contributed by atoms with E-state index >= 15 is 0 Å². The highest BCUT2D eigenvalue weighted by atomic mass is 32.9. The molecule has 0 aliphatic carbocycles. The molecule has 0 amide bonds. The van der Waals surface area contributed by atoms with Gasteiger partial charge in [-0.1, -0.05) is 17.3 Å². The van der Waals surface area contributed by atoms with Crippen LogP contribution >= 0.6 is 17.1 Å². The molecule has 1 unspecified atom stereocenters. The van der Waals surface area contributed by atoms with Crippen LogP contribution < -0.4 is 0 Å². The molecule has 0 bridgehead atoms. The van der Waals surface area contributed by atoms with Gasteiger partial charge in [-0.25, -0.2) is 0 Å². The summed E-state index contributed by atoms with van der Waals surface area (Å²) in [6.07, 6.45) is 4.97. The van der Waals surface area contributed by atoms with Crippen molar-refractivity contribution in [2.45, 2.75) is 6.92 Å². The maximum atomic E-state index is 9.22. The van der Waals surface area contributed by atoms with E-state index in [1.807, 2.05) is 0 Å². The highest BCUT2D eigenvalue weighted by molar-refractivity contribution is 8.67. The van der Waals surface area contributed by atoms with Crippen LogP contribution in [-0.2, 0) is 16.3 Å². The van der Waals surface area contributed by atoms with E-state index in [4.69, 9.17) is 22.8 Å². The van der Waals surface area contributed by atoms with Crippen LogP contribution in [0.15, 0.2) is 0 Å². The Morgan fingerprint density at radius 3 is 2.90 bits per heavy atom. The molecule has 0 aromatic carbocycles. The van der Waals surface area contributed by atoms with Crippen LogP contribution in [0.3, 0.4) is 0 Å². The summed E-state index contributed by atoms with van der Waals surface area (Å²) < 4.78 is 4.88. The first kappa shape index (κ1) is 10.5. The molecule has 58 valence electrons. The molecule has 0 rings (SSSR count). The minimum absolute atomic E-state index is 0.410. The van der Waals surface area contributed by atoms with E-state index in [0.717, 1.165) is 11.4 Å². The van der Waals surface area contributed by atoms with Crippen LogP contribution in [0, 0.1) is 12.3 Å². The van der Waals surface area contributed by atoms with Gasteiger partial charge in [-0.05, 0) is 18.7 Å². The predicted molar refractivity (Wildman–Crippen MR) is 49.4 cm³/mol. The van der Waals surface area contributed by atoms with Crippen LogP contribution in [0.4, 0.5) is 0 Å². The fourth-order valence-electron chi connectivity index (χ4n) is 0.319. The average molecular weight is 196 g/mol. The lowest BCUT2D eigenvalue weighted by Gasteiger charge is -2.10. The summed E-state index contributed by atoms with van der Waals surface area (Å²) in [6, 6.07) is 0. The quantitative estimate of drug-likeness (QED) is 0.546. The van der Waals surface area contributed by atoms with Gasteiger partial charge in [0.25, 0.3) is 0 Å². The monoisotopic (exact) mass is 196 g/mol. The van der Waals surface area contributed by atoms with Crippen LogP contribution in [-0.4, -0.2) is 17.3 Å². The summed E-state index contributed by atoms with van der Waals surface area (Å²) in [5.74, 6) is 2.78. The van der Waals surface area contributed by atoms with Crippen molar-refractivity contribution >= 4 is 28.9 Å². The Labute approximate surface area is 70.3 Å². The molecule has 0 spiro atoms. The van der Waals surface area contributed by atoms with E-state index in [9.17, 15) is 4.89 Å². The van der Waals surface area contributed by atoms with Gasteiger partial charge in [0.15, 0.2) is 0 Å². The molecular formula is C5H9O2PS2. The third-order valence-electron chi connectivity index (χ3n) is 0.603. The number of rotatable bonds is 4. The molecule has 5 heteroatoms. The van der Waals surface area contributed by atoms with Crippen LogP contribution in [0.1, 0.15) is 6.92 Å². The normalized spacial score (nSPS) is 15.7. The molecule has 0 saturated carbocycles. The molecule has 10 heavy (non-hydrogen) atoms. The molecular weight excluding hydrogens is 187 g/mol. The van der Waals surface area contributed by atoms with Crippen molar-refractivity contribution in [2.75, 3.05) is 12.4 Å². The zero-order chi connectivity index (χ0) is 8.04. The average Bonchev–Trinajstić information content (AvgIpc) is 1.84. The van der Waals surface area contributed by atoms with E-state index in [1.165, 1.54) is 0 Å². The van der Waals surface area contributed by atoms with Gasteiger partial charge in [-0.15, -0.1) is 6.42 Å². The summed E-state index contributed by atoms with van der Waals surface area (Å²) in [7, 11) is 0. The summed E-state index contributed by atoms with van der Waals surface area (Å²) in [5, 5.41) is 0. The van der Waals surface area contributed by atoms with E-state index in [2.05, 4.69) is 5.92 Å². The van der Waals surface area contributed by atoms with Gasteiger partial charge < -0.3 is 9.42 Å². The molecule has 0 fully saturated rings. The Kier molecular flexibility index (Phi) is 5.42. The van der Waals surface area contributed by atoms with Gasteiger partial charge in [-0.2, -0.15) is 0 Å². The highest BCUT2D eigenvalue weighted by Gasteiger charge is 2.11. The fourth-order valence-corrected chi connectivity index (χ4v) is 3.00. The standard InChI is InChI=1S/C5H9O2PS2/c1-3-5-10-8(6,9)7-4-2/h1H,4-5H2,2H3,(H,6,9). The second-order valence-corrected chi connectivity index (χ2v) is 7.54. The van der Waals surface area contributed by atoms with Gasteiger partial charge in [0.2, 0.25) is 5.69 Å². The second kappa shape index (κ2) is 5.17. The Hall–Kier alpha value is 0.480. The summed E-state index contributed by atoms with van der Waals surface area (Å²) >= 11 is 5.85. The third kappa shape index (κ3) is 5.28. The SMILES string of the molecule is C#CCSP(O)(=S)OCC. The van der Waals surface area contributed by atoms with Crippen molar-refractivity contribution in [3.63, 3.8) is 0 Å². The van der Waals surface area contributed by atoms with Crippen molar-refractivity contribution in [3.8, 4) is 12.3 Å². The van der Waals surface area contributed by atoms with E-state index in [0.29, 0.717) is 12.4 Å². The first-order valence-corrected chi connectivity index (χ1v) is 6.94. The predicted octanol–water partition coefficient (Wildman–Crippen LogP) is 1.61. The number of terminal acetylenes is 1. The zero-order valence-corrected chi connectivity index (χ0v) is 8.14. The highest BCUT2D eigenvalue weighted by Crippen LogP contribution is 2.55. The lowest BCUT2D eigenvalue weighted by atomic mass is 10.8. The van der Waals surface area contributed by atoms with Crippen LogP contribution in [0.5, 0.6) is 0 Å². The van der Waals surface area contributed by atoms with Crippen LogP contribution in [0.25, 0.3) is 0 Å². The van der Waals surface area contributed by atoms with Crippen molar-refractivity contribution in [1.82, 2.24) is 0 Å². The molecule has 1 atom stereocenters. The second-order valence-electron chi connectivity index (χ2n) is 1.36. The minimum atomic E-state index is -2.60. The van der Waals surface area contributed by atoms with Gasteiger partial charge in [0.1, 0.15) is 0 Å². The molecule has 0 aromatic heterocycles. The topological polar surface area (TPSA) is 29.5 Å². The van der Waals surface area contributed by atoms with Crippen LogP contribution in [0.2, 0.25) is 0 Å². The first-order chi connectivity index (χ1) is 4.62. The first-order valence-electron chi connectivity index (χ1n) is 2.67. The van der Waals surface area contributed by atoms with Gasteiger partial charge in [0, 0.05) is 0 Å². The molecule has 1 N–H and O–H groups in total. The van der Waals surface area contributed by atoms with E-state index in [-0.39, 0.29) is 0 Å². The van der Waals surface area contributed by atoms with E-state index < -0.39 is 5.69 Å². The smallest absolute Gasteiger partial charge is 0.245 e. The summed E-state index contributed by atoms with van der Waals surface area (Å²) in [6.45, 7) is 2.22. The Morgan fingerprint density at radius 2 is 2.50 bits per heavy atom. The van der Waals surface area contributed by atoms with Gasteiger partial charge in [-0.3, -0.25) is 0 Å². The van der Waals surface area contributed by atoms with Gasteiger partial charge >= 0.3 is 0 Å². The lowest BCUT2D eigenvalue weighted by molar-refractivity contribution is 0.341. The van der Waals surface area contributed by atoms with Crippen molar-refractivity contribution < 1.29 is 9.42 Å². The van der Waals surface area contributed by atoms with Crippen molar-refractivity contribution in [3.05, 3.63) is 0 Å². The molecule has 0 radical (unpaired) electrons. The minimum Gasteiger partial charge on any atom is -0.337 e. The molecule has 0 aromatic rings. The van der Waals surface area contributed by atoms with Crippen molar-refractivity contribution in [2.24, 2.45) is 0 Å². The Balaban J connectivity index is 3.67.